The summed E-state index contributed by atoms with van der Waals surface area (Å²) in [6.45, 7) is 0. The van der Waals surface area contributed by atoms with Crippen LogP contribution >= 0.6 is 35.0 Å². The third-order valence-electron chi connectivity index (χ3n) is 2.83. The van der Waals surface area contributed by atoms with E-state index in [1.54, 1.807) is 38.0 Å². The summed E-state index contributed by atoms with van der Waals surface area (Å²) in [4.78, 5) is 25.8. The van der Waals surface area contributed by atoms with E-state index in [0.29, 0.717) is 17.0 Å². The molecule has 0 bridgehead atoms. The molecule has 116 valence electrons. The zero-order valence-corrected chi connectivity index (χ0v) is 14.5. The number of thioether (sulfide) groups is 1. The molecule has 0 aliphatic rings. The largest absolute Gasteiger partial charge is 0.347 e. The van der Waals surface area contributed by atoms with E-state index in [4.69, 9.17) is 23.2 Å². The molecule has 1 aromatic carbocycles. The molecule has 1 unspecified atom stereocenters. The molecule has 0 radical (unpaired) electrons. The zero-order chi connectivity index (χ0) is 16.0. The third kappa shape index (κ3) is 5.41. The lowest BCUT2D eigenvalue weighted by Gasteiger charge is -2.21. The van der Waals surface area contributed by atoms with Gasteiger partial charge in [-0.15, -0.1) is 0 Å². The van der Waals surface area contributed by atoms with E-state index in [-0.39, 0.29) is 16.8 Å². The van der Waals surface area contributed by atoms with Gasteiger partial charge in [0.05, 0.1) is 10.6 Å². The predicted octanol–water partition coefficient (Wildman–Crippen LogP) is 2.93. The van der Waals surface area contributed by atoms with Gasteiger partial charge in [-0.25, -0.2) is 0 Å². The van der Waals surface area contributed by atoms with Crippen molar-refractivity contribution in [3.8, 4) is 0 Å². The second-order valence-corrected chi connectivity index (χ2v) is 6.49. The van der Waals surface area contributed by atoms with E-state index >= 15 is 0 Å². The van der Waals surface area contributed by atoms with Crippen LogP contribution in [0.3, 0.4) is 0 Å². The Morgan fingerprint density at radius 2 is 2.00 bits per heavy atom. The van der Waals surface area contributed by atoms with E-state index in [1.807, 2.05) is 6.26 Å². The molecule has 0 fully saturated rings. The average Bonchev–Trinajstić information content (AvgIpc) is 2.42. The van der Waals surface area contributed by atoms with Gasteiger partial charge in [0.2, 0.25) is 5.91 Å². The number of likely N-dealkylation sites (N-methyl/N-ethyl adjacent to an activating group) is 1. The first-order valence-electron chi connectivity index (χ1n) is 6.32. The van der Waals surface area contributed by atoms with E-state index < -0.39 is 6.04 Å². The van der Waals surface area contributed by atoms with E-state index in [9.17, 15) is 9.59 Å². The fourth-order valence-corrected chi connectivity index (χ4v) is 2.68. The molecule has 4 nitrogen and oxygen atoms in total. The molecule has 1 aromatic rings. The van der Waals surface area contributed by atoms with Crippen molar-refractivity contribution in [2.75, 3.05) is 26.1 Å². The van der Waals surface area contributed by atoms with Gasteiger partial charge in [0.25, 0.3) is 5.91 Å². The highest BCUT2D eigenvalue weighted by atomic mass is 35.5. The summed E-state index contributed by atoms with van der Waals surface area (Å²) in [5.41, 5.74) is 0.307. The van der Waals surface area contributed by atoms with Crippen molar-refractivity contribution >= 4 is 46.8 Å². The zero-order valence-electron chi connectivity index (χ0n) is 12.2. The average molecular weight is 349 g/mol. The SMILES string of the molecule is CSCCC(NC(=O)c1ccc(Cl)cc1Cl)C(=O)N(C)C. The number of halogens is 2. The highest BCUT2D eigenvalue weighted by Crippen LogP contribution is 2.21. The minimum atomic E-state index is -0.563. The van der Waals surface area contributed by atoms with Gasteiger partial charge in [-0.3, -0.25) is 9.59 Å². The lowest BCUT2D eigenvalue weighted by Crippen LogP contribution is -2.46. The Hall–Kier alpha value is -0.910. The van der Waals surface area contributed by atoms with Gasteiger partial charge in [0.15, 0.2) is 0 Å². The molecule has 1 atom stereocenters. The van der Waals surface area contributed by atoms with Crippen LogP contribution in [0.25, 0.3) is 0 Å². The van der Waals surface area contributed by atoms with E-state index in [2.05, 4.69) is 5.32 Å². The molecule has 0 aliphatic heterocycles. The predicted molar refractivity (Wildman–Crippen MR) is 89.4 cm³/mol. The van der Waals surface area contributed by atoms with Gasteiger partial charge in [-0.05, 0) is 36.6 Å². The Balaban J connectivity index is 2.86. The van der Waals surface area contributed by atoms with Crippen LogP contribution < -0.4 is 5.32 Å². The smallest absolute Gasteiger partial charge is 0.253 e. The van der Waals surface area contributed by atoms with Crippen LogP contribution in [-0.2, 0) is 4.79 Å². The standard InChI is InChI=1S/C14H18Cl2N2O2S/c1-18(2)14(20)12(6-7-21-3)17-13(19)10-5-4-9(15)8-11(10)16/h4-5,8,12H,6-7H2,1-3H3,(H,17,19). The number of nitrogens with zero attached hydrogens (tertiary/aromatic N) is 1. The fraction of sp³-hybridized carbons (Fsp3) is 0.429. The maximum atomic E-state index is 12.3. The normalized spacial score (nSPS) is 11.9. The maximum Gasteiger partial charge on any atom is 0.253 e. The Kier molecular flexibility index (Phi) is 7.35. The number of carbonyl (C=O) groups excluding carboxylic acids is 2. The summed E-state index contributed by atoms with van der Waals surface area (Å²) in [6.07, 6.45) is 2.52. The minimum absolute atomic E-state index is 0.137. The lowest BCUT2D eigenvalue weighted by atomic mass is 10.1. The Bertz CT molecular complexity index is 524. The Labute approximate surface area is 139 Å². The lowest BCUT2D eigenvalue weighted by molar-refractivity contribution is -0.130. The molecular formula is C14H18Cl2N2O2S. The van der Waals surface area contributed by atoms with Crippen LogP contribution in [0.2, 0.25) is 10.0 Å². The molecular weight excluding hydrogens is 331 g/mol. The summed E-state index contributed by atoms with van der Waals surface area (Å²) in [7, 11) is 3.33. The monoisotopic (exact) mass is 348 g/mol. The molecule has 0 aromatic heterocycles. The van der Waals surface area contributed by atoms with Crippen molar-refractivity contribution in [1.29, 1.82) is 0 Å². The van der Waals surface area contributed by atoms with Crippen molar-refractivity contribution in [3.05, 3.63) is 33.8 Å². The second-order valence-electron chi connectivity index (χ2n) is 4.66. The van der Waals surface area contributed by atoms with Crippen LogP contribution in [0, 0.1) is 0 Å². The highest BCUT2D eigenvalue weighted by molar-refractivity contribution is 7.98. The first-order chi connectivity index (χ1) is 9.86. The summed E-state index contributed by atoms with van der Waals surface area (Å²) < 4.78 is 0. The topological polar surface area (TPSA) is 49.4 Å². The number of benzene rings is 1. The Morgan fingerprint density at radius 3 is 2.52 bits per heavy atom. The highest BCUT2D eigenvalue weighted by Gasteiger charge is 2.23. The van der Waals surface area contributed by atoms with Crippen LogP contribution in [-0.4, -0.2) is 48.9 Å². The number of hydrogen-bond acceptors (Lipinski definition) is 3. The molecule has 0 spiro atoms. The third-order valence-corrected chi connectivity index (χ3v) is 4.02. The summed E-state index contributed by atoms with van der Waals surface area (Å²) >= 11 is 13.4. The summed E-state index contributed by atoms with van der Waals surface area (Å²) in [5, 5.41) is 3.46. The van der Waals surface area contributed by atoms with E-state index in [1.165, 1.54) is 11.0 Å². The van der Waals surface area contributed by atoms with Crippen molar-refractivity contribution in [2.24, 2.45) is 0 Å². The minimum Gasteiger partial charge on any atom is -0.347 e. The van der Waals surface area contributed by atoms with Gasteiger partial charge < -0.3 is 10.2 Å². The van der Waals surface area contributed by atoms with Crippen LogP contribution in [0.5, 0.6) is 0 Å². The van der Waals surface area contributed by atoms with Crippen LogP contribution in [0.1, 0.15) is 16.8 Å². The molecule has 0 heterocycles. The first-order valence-corrected chi connectivity index (χ1v) is 8.47. The van der Waals surface area contributed by atoms with Crippen molar-refractivity contribution in [1.82, 2.24) is 10.2 Å². The fourth-order valence-electron chi connectivity index (χ4n) is 1.71. The maximum absolute atomic E-state index is 12.3. The van der Waals surface area contributed by atoms with Crippen LogP contribution in [0.15, 0.2) is 18.2 Å². The van der Waals surface area contributed by atoms with Gasteiger partial charge in [0.1, 0.15) is 6.04 Å². The number of rotatable bonds is 6. The number of hydrogen-bond donors (Lipinski definition) is 1. The molecule has 0 aliphatic carbocycles. The van der Waals surface area contributed by atoms with Gasteiger partial charge in [0, 0.05) is 19.1 Å². The molecule has 0 saturated carbocycles. The number of nitrogens with one attached hydrogen (secondary N) is 1. The van der Waals surface area contributed by atoms with E-state index in [0.717, 1.165) is 5.75 Å². The molecule has 2 amide bonds. The quantitative estimate of drug-likeness (QED) is 0.859. The second kappa shape index (κ2) is 8.51. The van der Waals surface area contributed by atoms with Gasteiger partial charge in [-0.2, -0.15) is 11.8 Å². The molecule has 0 saturated heterocycles. The molecule has 21 heavy (non-hydrogen) atoms. The van der Waals surface area contributed by atoms with Gasteiger partial charge >= 0.3 is 0 Å². The number of carbonyl (C=O) groups is 2. The van der Waals surface area contributed by atoms with Crippen molar-refractivity contribution in [3.63, 3.8) is 0 Å². The van der Waals surface area contributed by atoms with Crippen LogP contribution in [0.4, 0.5) is 0 Å². The van der Waals surface area contributed by atoms with Crippen molar-refractivity contribution < 1.29 is 9.59 Å². The van der Waals surface area contributed by atoms with Gasteiger partial charge in [-0.1, -0.05) is 23.2 Å². The molecule has 7 heteroatoms. The summed E-state index contributed by atoms with van der Waals surface area (Å²) in [6, 6.07) is 4.08. The first kappa shape index (κ1) is 18.1. The Morgan fingerprint density at radius 1 is 1.33 bits per heavy atom. The van der Waals surface area contributed by atoms with Crippen molar-refractivity contribution in [2.45, 2.75) is 12.5 Å². The number of amides is 2. The summed E-state index contributed by atoms with van der Waals surface area (Å²) in [5.74, 6) is 0.263. The molecule has 1 N–H and O–H groups in total. The molecule has 1 rings (SSSR count).